The SMILES string of the molecule is CC(C)(C)NCc1ccc(N2CCOC(C)(C)C2)cc1Br. The third-order valence-corrected chi connectivity index (χ3v) is 4.37. The first kappa shape index (κ1) is 16.8. The van der Waals surface area contributed by atoms with Gasteiger partial charge in [-0.15, -0.1) is 0 Å². The Balaban J connectivity index is 2.08. The third-order valence-electron chi connectivity index (χ3n) is 3.64. The lowest BCUT2D eigenvalue weighted by Gasteiger charge is -2.39. The van der Waals surface area contributed by atoms with Crippen molar-refractivity contribution in [3.63, 3.8) is 0 Å². The summed E-state index contributed by atoms with van der Waals surface area (Å²) in [7, 11) is 0. The molecular formula is C17H27BrN2O. The summed E-state index contributed by atoms with van der Waals surface area (Å²) in [6, 6.07) is 6.65. The Bertz CT molecular complexity index is 494. The van der Waals surface area contributed by atoms with Crippen LogP contribution < -0.4 is 10.2 Å². The van der Waals surface area contributed by atoms with Gasteiger partial charge in [0.25, 0.3) is 0 Å². The van der Waals surface area contributed by atoms with Crippen molar-refractivity contribution in [1.82, 2.24) is 5.32 Å². The van der Waals surface area contributed by atoms with Crippen LogP contribution in [0.2, 0.25) is 0 Å². The van der Waals surface area contributed by atoms with E-state index < -0.39 is 0 Å². The molecule has 118 valence electrons. The standard InChI is InChI=1S/C17H27BrN2O/c1-16(2,3)19-11-13-6-7-14(10-15(13)18)20-8-9-21-17(4,5)12-20/h6-7,10,19H,8-9,11-12H2,1-5H3. The van der Waals surface area contributed by atoms with Gasteiger partial charge in [-0.25, -0.2) is 0 Å². The zero-order valence-corrected chi connectivity index (χ0v) is 15.4. The highest BCUT2D eigenvalue weighted by atomic mass is 79.9. The van der Waals surface area contributed by atoms with Crippen LogP contribution in [0.3, 0.4) is 0 Å². The summed E-state index contributed by atoms with van der Waals surface area (Å²) in [5.41, 5.74) is 2.61. The Morgan fingerprint density at radius 1 is 1.33 bits per heavy atom. The first-order valence-corrected chi connectivity index (χ1v) is 8.38. The number of rotatable bonds is 3. The van der Waals surface area contributed by atoms with Crippen molar-refractivity contribution in [3.8, 4) is 0 Å². The maximum absolute atomic E-state index is 5.78. The summed E-state index contributed by atoms with van der Waals surface area (Å²) < 4.78 is 6.95. The van der Waals surface area contributed by atoms with E-state index in [1.54, 1.807) is 0 Å². The lowest BCUT2D eigenvalue weighted by atomic mass is 10.1. The fourth-order valence-corrected chi connectivity index (χ4v) is 2.98. The van der Waals surface area contributed by atoms with Gasteiger partial charge in [0, 0.05) is 35.3 Å². The zero-order chi connectivity index (χ0) is 15.7. The third kappa shape index (κ3) is 4.97. The summed E-state index contributed by atoms with van der Waals surface area (Å²) in [4.78, 5) is 2.40. The Morgan fingerprint density at radius 3 is 2.62 bits per heavy atom. The second-order valence-electron chi connectivity index (χ2n) is 7.41. The fourth-order valence-electron chi connectivity index (χ4n) is 2.47. The molecule has 1 aliphatic rings. The van der Waals surface area contributed by atoms with Crippen molar-refractivity contribution < 1.29 is 4.74 Å². The highest BCUT2D eigenvalue weighted by molar-refractivity contribution is 9.10. The van der Waals surface area contributed by atoms with E-state index in [0.717, 1.165) is 26.2 Å². The van der Waals surface area contributed by atoms with Crippen LogP contribution in [0.15, 0.2) is 22.7 Å². The molecule has 21 heavy (non-hydrogen) atoms. The van der Waals surface area contributed by atoms with E-state index in [9.17, 15) is 0 Å². The maximum Gasteiger partial charge on any atom is 0.0801 e. The van der Waals surface area contributed by atoms with Crippen molar-refractivity contribution in [2.45, 2.75) is 52.3 Å². The van der Waals surface area contributed by atoms with Gasteiger partial charge in [0.2, 0.25) is 0 Å². The minimum absolute atomic E-state index is 0.0722. The molecule has 4 heteroatoms. The van der Waals surface area contributed by atoms with Gasteiger partial charge < -0.3 is 15.0 Å². The van der Waals surface area contributed by atoms with Gasteiger partial charge in [-0.2, -0.15) is 0 Å². The molecule has 1 aliphatic heterocycles. The molecule has 0 atom stereocenters. The van der Waals surface area contributed by atoms with Gasteiger partial charge in [-0.1, -0.05) is 22.0 Å². The van der Waals surface area contributed by atoms with Crippen molar-refractivity contribution in [2.24, 2.45) is 0 Å². The number of hydrogen-bond acceptors (Lipinski definition) is 3. The normalized spacial score (nSPS) is 18.9. The molecule has 1 heterocycles. The number of benzene rings is 1. The Kier molecular flexibility index (Phi) is 5.01. The molecule has 0 bridgehead atoms. The number of hydrogen-bond donors (Lipinski definition) is 1. The molecule has 2 rings (SSSR count). The summed E-state index contributed by atoms with van der Waals surface area (Å²) in [6.45, 7) is 14.4. The maximum atomic E-state index is 5.78. The van der Waals surface area contributed by atoms with E-state index in [1.165, 1.54) is 15.7 Å². The van der Waals surface area contributed by atoms with E-state index in [-0.39, 0.29) is 11.1 Å². The number of morpholine rings is 1. The van der Waals surface area contributed by atoms with Crippen LogP contribution in [0.5, 0.6) is 0 Å². The van der Waals surface area contributed by atoms with Crippen LogP contribution in [-0.4, -0.2) is 30.8 Å². The van der Waals surface area contributed by atoms with Gasteiger partial charge in [0.15, 0.2) is 0 Å². The highest BCUT2D eigenvalue weighted by Crippen LogP contribution is 2.28. The highest BCUT2D eigenvalue weighted by Gasteiger charge is 2.27. The minimum Gasteiger partial charge on any atom is -0.372 e. The first-order valence-electron chi connectivity index (χ1n) is 7.59. The molecule has 1 aromatic rings. The molecule has 3 nitrogen and oxygen atoms in total. The molecule has 0 amide bonds. The van der Waals surface area contributed by atoms with Gasteiger partial charge in [0.1, 0.15) is 0 Å². The van der Waals surface area contributed by atoms with E-state index in [2.05, 4.69) is 79.0 Å². The summed E-state index contributed by atoms with van der Waals surface area (Å²) in [5, 5.41) is 3.53. The van der Waals surface area contributed by atoms with Crippen molar-refractivity contribution in [3.05, 3.63) is 28.2 Å². The molecule has 0 aliphatic carbocycles. The quantitative estimate of drug-likeness (QED) is 0.889. The zero-order valence-electron chi connectivity index (χ0n) is 13.8. The fraction of sp³-hybridized carbons (Fsp3) is 0.647. The molecular weight excluding hydrogens is 328 g/mol. The monoisotopic (exact) mass is 354 g/mol. The van der Waals surface area contributed by atoms with Gasteiger partial charge in [-0.3, -0.25) is 0 Å². The van der Waals surface area contributed by atoms with Crippen LogP contribution in [0.25, 0.3) is 0 Å². The average Bonchev–Trinajstić information content (AvgIpc) is 2.35. The topological polar surface area (TPSA) is 24.5 Å². The van der Waals surface area contributed by atoms with E-state index in [0.29, 0.717) is 0 Å². The number of anilines is 1. The molecule has 1 saturated heterocycles. The Labute approximate surface area is 137 Å². The molecule has 0 unspecified atom stereocenters. The van der Waals surface area contributed by atoms with Gasteiger partial charge in [0.05, 0.1) is 12.2 Å². The van der Waals surface area contributed by atoms with E-state index >= 15 is 0 Å². The lowest BCUT2D eigenvalue weighted by molar-refractivity contribution is -0.0276. The van der Waals surface area contributed by atoms with Gasteiger partial charge in [-0.05, 0) is 52.3 Å². The van der Waals surface area contributed by atoms with Crippen molar-refractivity contribution >= 4 is 21.6 Å². The van der Waals surface area contributed by atoms with Crippen LogP contribution >= 0.6 is 15.9 Å². The number of ether oxygens (including phenoxy) is 1. The van der Waals surface area contributed by atoms with Gasteiger partial charge >= 0.3 is 0 Å². The smallest absolute Gasteiger partial charge is 0.0801 e. The van der Waals surface area contributed by atoms with Crippen LogP contribution in [0.4, 0.5) is 5.69 Å². The number of nitrogens with zero attached hydrogens (tertiary/aromatic N) is 1. The van der Waals surface area contributed by atoms with E-state index in [4.69, 9.17) is 4.74 Å². The van der Waals surface area contributed by atoms with E-state index in [1.807, 2.05) is 0 Å². The lowest BCUT2D eigenvalue weighted by Crippen LogP contribution is -2.48. The molecule has 0 radical (unpaired) electrons. The predicted octanol–water partition coefficient (Wildman–Crippen LogP) is 3.95. The number of halogens is 1. The molecule has 0 saturated carbocycles. The average molecular weight is 355 g/mol. The largest absolute Gasteiger partial charge is 0.372 e. The number of nitrogens with one attached hydrogen (secondary N) is 1. The van der Waals surface area contributed by atoms with Crippen LogP contribution in [-0.2, 0) is 11.3 Å². The van der Waals surface area contributed by atoms with Crippen molar-refractivity contribution in [2.75, 3.05) is 24.6 Å². The van der Waals surface area contributed by atoms with Crippen LogP contribution in [0.1, 0.15) is 40.2 Å². The molecule has 0 spiro atoms. The Morgan fingerprint density at radius 2 is 2.05 bits per heavy atom. The predicted molar refractivity (Wildman–Crippen MR) is 93.0 cm³/mol. The summed E-state index contributed by atoms with van der Waals surface area (Å²) >= 11 is 3.71. The molecule has 0 aromatic heterocycles. The van der Waals surface area contributed by atoms with Crippen LogP contribution in [0, 0.1) is 0 Å². The summed E-state index contributed by atoms with van der Waals surface area (Å²) in [6.07, 6.45) is 0. The Hall–Kier alpha value is -0.580. The molecule has 1 aromatic carbocycles. The summed E-state index contributed by atoms with van der Waals surface area (Å²) in [5.74, 6) is 0. The molecule has 1 N–H and O–H groups in total. The second kappa shape index (κ2) is 6.27. The minimum atomic E-state index is -0.0722. The first-order chi connectivity index (χ1) is 9.66. The molecule has 1 fully saturated rings. The van der Waals surface area contributed by atoms with Crippen molar-refractivity contribution in [1.29, 1.82) is 0 Å². The second-order valence-corrected chi connectivity index (χ2v) is 8.26.